The molecule has 1 aromatic carbocycles. The van der Waals surface area contributed by atoms with Crippen LogP contribution in [0.1, 0.15) is 44.5 Å². The lowest BCUT2D eigenvalue weighted by Gasteiger charge is -2.15. The van der Waals surface area contributed by atoms with Crippen molar-refractivity contribution in [2.45, 2.75) is 45.8 Å². The number of hydrogen-bond donors (Lipinski definition) is 1. The van der Waals surface area contributed by atoms with Crippen LogP contribution in [0.15, 0.2) is 28.2 Å². The van der Waals surface area contributed by atoms with Gasteiger partial charge in [0.2, 0.25) is 5.91 Å². The Labute approximate surface area is 175 Å². The molecule has 2 rings (SSSR count). The third-order valence-electron chi connectivity index (χ3n) is 4.27. The molecule has 7 nitrogen and oxygen atoms in total. The van der Waals surface area contributed by atoms with Gasteiger partial charge in [-0.2, -0.15) is 0 Å². The maximum atomic E-state index is 13.0. The van der Waals surface area contributed by atoms with Gasteiger partial charge in [0.1, 0.15) is 0 Å². The minimum absolute atomic E-state index is 0.0931. The van der Waals surface area contributed by atoms with Crippen LogP contribution >= 0.6 is 11.8 Å². The number of ether oxygens (including phenoxy) is 1. The third kappa shape index (κ3) is 6.32. The molecule has 1 amide bonds. The number of carbonyl (C=O) groups is 2. The van der Waals surface area contributed by atoms with Crippen molar-refractivity contribution in [2.75, 3.05) is 19.4 Å². The minimum Gasteiger partial charge on any atom is -0.465 e. The fourth-order valence-electron chi connectivity index (χ4n) is 2.76. The number of rotatable bonds is 9. The predicted octanol–water partition coefficient (Wildman–Crippen LogP) is 3.09. The van der Waals surface area contributed by atoms with Crippen LogP contribution in [0.3, 0.4) is 0 Å². The number of hydrogen-bond acceptors (Lipinski definition) is 6. The van der Waals surface area contributed by atoms with Crippen LogP contribution in [0.25, 0.3) is 10.9 Å². The number of benzene rings is 1. The Morgan fingerprint density at radius 3 is 2.55 bits per heavy atom. The Balaban J connectivity index is 2.33. The number of fused-ring (bicyclic) bond motifs is 1. The first-order chi connectivity index (χ1) is 13.7. The lowest BCUT2D eigenvalue weighted by molar-refractivity contribution is -0.118. The summed E-state index contributed by atoms with van der Waals surface area (Å²) < 4.78 is 6.36. The lowest BCUT2D eigenvalue weighted by Crippen LogP contribution is -2.29. The molecule has 8 heteroatoms. The molecule has 0 radical (unpaired) electrons. The van der Waals surface area contributed by atoms with E-state index >= 15 is 0 Å². The first-order valence-corrected chi connectivity index (χ1v) is 10.7. The van der Waals surface area contributed by atoms with E-state index < -0.39 is 5.97 Å². The summed E-state index contributed by atoms with van der Waals surface area (Å²) in [6.07, 6.45) is 0.916. The largest absolute Gasteiger partial charge is 0.465 e. The van der Waals surface area contributed by atoms with Crippen LogP contribution in [-0.4, -0.2) is 40.8 Å². The van der Waals surface area contributed by atoms with E-state index in [1.165, 1.54) is 18.9 Å². The Morgan fingerprint density at radius 1 is 1.21 bits per heavy atom. The molecule has 0 bridgehead atoms. The van der Waals surface area contributed by atoms with Gasteiger partial charge in [-0.1, -0.05) is 39.5 Å². The molecule has 2 aromatic rings. The van der Waals surface area contributed by atoms with E-state index in [0.717, 1.165) is 6.42 Å². The second-order valence-electron chi connectivity index (χ2n) is 7.75. The van der Waals surface area contributed by atoms with Crippen molar-refractivity contribution in [1.82, 2.24) is 14.9 Å². The number of aromatic nitrogens is 2. The summed E-state index contributed by atoms with van der Waals surface area (Å²) in [5.74, 6) is 0.346. The molecule has 0 saturated carbocycles. The lowest BCUT2D eigenvalue weighted by atomic mass is 10.1. The number of methoxy groups -OCH3 is 1. The first-order valence-electron chi connectivity index (χ1n) is 9.75. The van der Waals surface area contributed by atoms with E-state index in [4.69, 9.17) is 4.74 Å². The molecule has 0 spiro atoms. The van der Waals surface area contributed by atoms with Gasteiger partial charge in [0, 0.05) is 13.1 Å². The van der Waals surface area contributed by atoms with E-state index in [-0.39, 0.29) is 23.1 Å². The summed E-state index contributed by atoms with van der Waals surface area (Å²) in [7, 11) is 1.31. The summed E-state index contributed by atoms with van der Waals surface area (Å²) in [6, 6.07) is 4.71. The van der Waals surface area contributed by atoms with Crippen molar-refractivity contribution in [3.63, 3.8) is 0 Å². The monoisotopic (exact) mass is 419 g/mol. The molecular weight excluding hydrogens is 390 g/mol. The quantitative estimate of drug-likeness (QED) is 0.382. The van der Waals surface area contributed by atoms with Gasteiger partial charge in [-0.3, -0.25) is 14.2 Å². The molecule has 1 N–H and O–H groups in total. The number of amides is 1. The summed E-state index contributed by atoms with van der Waals surface area (Å²) in [4.78, 5) is 41.6. The fraction of sp³-hybridized carbons (Fsp3) is 0.524. The van der Waals surface area contributed by atoms with Gasteiger partial charge < -0.3 is 10.1 Å². The summed E-state index contributed by atoms with van der Waals surface area (Å²) in [5, 5.41) is 3.80. The van der Waals surface area contributed by atoms with Gasteiger partial charge in [0.25, 0.3) is 5.56 Å². The smallest absolute Gasteiger partial charge is 0.337 e. The highest BCUT2D eigenvalue weighted by molar-refractivity contribution is 7.99. The fourth-order valence-corrected chi connectivity index (χ4v) is 3.60. The van der Waals surface area contributed by atoms with E-state index in [9.17, 15) is 14.4 Å². The molecule has 0 fully saturated rings. The van der Waals surface area contributed by atoms with Crippen LogP contribution in [-0.2, 0) is 16.1 Å². The Morgan fingerprint density at radius 2 is 1.93 bits per heavy atom. The van der Waals surface area contributed by atoms with Crippen molar-refractivity contribution >= 4 is 34.5 Å². The van der Waals surface area contributed by atoms with Crippen LogP contribution in [0.4, 0.5) is 0 Å². The number of nitrogens with one attached hydrogen (secondary N) is 1. The van der Waals surface area contributed by atoms with E-state index in [0.29, 0.717) is 40.6 Å². The molecule has 0 saturated heterocycles. The molecule has 0 aliphatic carbocycles. The maximum Gasteiger partial charge on any atom is 0.337 e. The van der Waals surface area contributed by atoms with Gasteiger partial charge in [-0.05, 0) is 36.5 Å². The van der Waals surface area contributed by atoms with Gasteiger partial charge in [0.15, 0.2) is 5.16 Å². The van der Waals surface area contributed by atoms with Crippen LogP contribution in [0.5, 0.6) is 0 Å². The molecule has 0 atom stereocenters. The van der Waals surface area contributed by atoms with E-state index in [2.05, 4.69) is 24.1 Å². The molecule has 0 aliphatic heterocycles. The van der Waals surface area contributed by atoms with E-state index in [1.807, 2.05) is 13.8 Å². The second kappa shape index (κ2) is 10.4. The standard InChI is InChI=1S/C21H29N3O4S/c1-13(2)8-9-22-18(25)12-29-21-23-17-10-15(20(27)28-5)6-7-16(17)19(26)24(21)11-14(3)4/h6-7,10,13-14H,8-9,11-12H2,1-5H3,(H,22,25). The number of carbonyl (C=O) groups excluding carboxylic acids is 2. The third-order valence-corrected chi connectivity index (χ3v) is 5.24. The zero-order chi connectivity index (χ0) is 21.6. The highest BCUT2D eigenvalue weighted by Gasteiger charge is 2.16. The topological polar surface area (TPSA) is 90.3 Å². The van der Waals surface area contributed by atoms with Crippen molar-refractivity contribution in [3.8, 4) is 0 Å². The van der Waals surface area contributed by atoms with Crippen molar-refractivity contribution in [3.05, 3.63) is 34.1 Å². The maximum absolute atomic E-state index is 13.0. The molecular formula is C21H29N3O4S. The van der Waals surface area contributed by atoms with Gasteiger partial charge in [0.05, 0.1) is 29.3 Å². The van der Waals surface area contributed by atoms with Crippen LogP contribution in [0.2, 0.25) is 0 Å². The second-order valence-corrected chi connectivity index (χ2v) is 8.69. The zero-order valence-corrected chi connectivity index (χ0v) is 18.5. The Hall–Kier alpha value is -2.35. The minimum atomic E-state index is -0.487. The van der Waals surface area contributed by atoms with Gasteiger partial charge in [-0.15, -0.1) is 0 Å². The highest BCUT2D eigenvalue weighted by Crippen LogP contribution is 2.20. The van der Waals surface area contributed by atoms with Crippen molar-refractivity contribution < 1.29 is 14.3 Å². The molecule has 158 valence electrons. The summed E-state index contributed by atoms with van der Waals surface area (Å²) in [6.45, 7) is 9.37. The highest BCUT2D eigenvalue weighted by atomic mass is 32.2. The molecule has 0 unspecified atom stereocenters. The van der Waals surface area contributed by atoms with Crippen molar-refractivity contribution in [1.29, 1.82) is 0 Å². The Kier molecular flexibility index (Phi) is 8.25. The average molecular weight is 420 g/mol. The van der Waals surface area contributed by atoms with Gasteiger partial charge >= 0.3 is 5.97 Å². The molecule has 0 aliphatic rings. The average Bonchev–Trinajstić information content (AvgIpc) is 2.67. The van der Waals surface area contributed by atoms with Crippen molar-refractivity contribution in [2.24, 2.45) is 11.8 Å². The number of nitrogens with zero attached hydrogens (tertiary/aromatic N) is 2. The first kappa shape index (κ1) is 22.9. The SMILES string of the molecule is COC(=O)c1ccc2c(=O)n(CC(C)C)c(SCC(=O)NCCC(C)C)nc2c1. The molecule has 1 heterocycles. The van der Waals surface area contributed by atoms with E-state index in [1.54, 1.807) is 22.8 Å². The molecule has 1 aromatic heterocycles. The number of esters is 1. The Bertz CT molecular complexity index is 937. The summed E-state index contributed by atoms with van der Waals surface area (Å²) in [5.41, 5.74) is 0.569. The zero-order valence-electron chi connectivity index (χ0n) is 17.7. The molecule has 29 heavy (non-hydrogen) atoms. The van der Waals surface area contributed by atoms with Crippen LogP contribution < -0.4 is 10.9 Å². The van der Waals surface area contributed by atoms with Gasteiger partial charge in [-0.25, -0.2) is 9.78 Å². The normalized spacial score (nSPS) is 11.3. The predicted molar refractivity (Wildman–Crippen MR) is 115 cm³/mol. The number of thioether (sulfide) groups is 1. The van der Waals surface area contributed by atoms with Crippen LogP contribution in [0, 0.1) is 11.8 Å². The summed E-state index contributed by atoms with van der Waals surface area (Å²) >= 11 is 1.23.